The molecule has 0 saturated heterocycles. The van der Waals surface area contributed by atoms with Crippen LogP contribution in [0, 0.1) is 6.92 Å². The summed E-state index contributed by atoms with van der Waals surface area (Å²) in [5.41, 5.74) is 1.24. The van der Waals surface area contributed by atoms with Crippen LogP contribution in [0.15, 0.2) is 24.3 Å². The summed E-state index contributed by atoms with van der Waals surface area (Å²) in [6.07, 6.45) is 19.6. The summed E-state index contributed by atoms with van der Waals surface area (Å²) < 4.78 is 5.84. The lowest BCUT2D eigenvalue weighted by Gasteiger charge is -2.08. The first kappa shape index (κ1) is 21.1. The van der Waals surface area contributed by atoms with Crippen LogP contribution in [0.2, 0.25) is 0 Å². The van der Waals surface area contributed by atoms with E-state index in [1.54, 1.807) is 0 Å². The van der Waals surface area contributed by atoms with Crippen LogP contribution in [0.1, 0.15) is 102 Å². The molecule has 1 rings (SSSR count). The largest absolute Gasteiger partial charge is 0.493 e. The van der Waals surface area contributed by atoms with Crippen molar-refractivity contribution < 1.29 is 4.74 Å². The monoisotopic (exact) mass is 332 g/mol. The summed E-state index contributed by atoms with van der Waals surface area (Å²) in [5, 5.41) is 0. The average Bonchev–Trinajstić information content (AvgIpc) is 2.60. The third-order valence-corrected chi connectivity index (χ3v) is 4.85. The van der Waals surface area contributed by atoms with Crippen LogP contribution in [-0.4, -0.2) is 6.61 Å². The quantitative estimate of drug-likeness (QED) is 0.280. The lowest BCUT2D eigenvalue weighted by Crippen LogP contribution is -1.98. The fourth-order valence-electron chi connectivity index (χ4n) is 3.20. The van der Waals surface area contributed by atoms with Crippen LogP contribution >= 0.6 is 0 Å². The van der Waals surface area contributed by atoms with Crippen molar-refractivity contribution in [2.24, 2.45) is 0 Å². The highest BCUT2D eigenvalue weighted by atomic mass is 16.5. The zero-order chi connectivity index (χ0) is 17.3. The van der Waals surface area contributed by atoms with Crippen molar-refractivity contribution in [3.8, 4) is 5.75 Å². The van der Waals surface area contributed by atoms with Gasteiger partial charge in [0.1, 0.15) is 5.75 Å². The van der Waals surface area contributed by atoms with E-state index in [1.165, 1.54) is 95.5 Å². The molecule has 0 unspecified atom stereocenters. The maximum atomic E-state index is 5.84. The fraction of sp³-hybridized carbons (Fsp3) is 0.739. The third kappa shape index (κ3) is 11.5. The van der Waals surface area contributed by atoms with Gasteiger partial charge in [0.05, 0.1) is 6.61 Å². The molecule has 0 amide bonds. The lowest BCUT2D eigenvalue weighted by molar-refractivity contribution is 0.302. The molecule has 0 atom stereocenters. The summed E-state index contributed by atoms with van der Waals surface area (Å²) in [7, 11) is 0. The van der Waals surface area contributed by atoms with Gasteiger partial charge in [-0.15, -0.1) is 0 Å². The number of hydrogen-bond donors (Lipinski definition) is 0. The highest BCUT2D eigenvalue weighted by Gasteiger charge is 1.97. The Morgan fingerprint density at radius 3 is 1.58 bits per heavy atom. The van der Waals surface area contributed by atoms with E-state index >= 15 is 0 Å². The Kier molecular flexibility index (Phi) is 13.6. The van der Waals surface area contributed by atoms with Gasteiger partial charge >= 0.3 is 0 Å². The molecular formula is C23H40O. The first-order valence-electron chi connectivity index (χ1n) is 10.5. The molecule has 1 aromatic rings. The van der Waals surface area contributed by atoms with Gasteiger partial charge in [0.15, 0.2) is 0 Å². The van der Waals surface area contributed by atoms with Gasteiger partial charge in [0.2, 0.25) is 0 Å². The van der Waals surface area contributed by atoms with Crippen molar-refractivity contribution in [3.63, 3.8) is 0 Å². The van der Waals surface area contributed by atoms with Gasteiger partial charge in [-0.25, -0.2) is 0 Å². The predicted molar refractivity (Wildman–Crippen MR) is 107 cm³/mol. The highest BCUT2D eigenvalue weighted by molar-refractivity contribution is 5.31. The van der Waals surface area contributed by atoms with Crippen LogP contribution in [-0.2, 0) is 0 Å². The molecular weight excluding hydrogens is 292 g/mol. The predicted octanol–water partition coefficient (Wildman–Crippen LogP) is 7.86. The van der Waals surface area contributed by atoms with Gasteiger partial charge in [-0.05, 0) is 25.0 Å². The number of ether oxygens (including phenoxy) is 1. The zero-order valence-corrected chi connectivity index (χ0v) is 16.3. The molecule has 0 aliphatic rings. The first-order chi connectivity index (χ1) is 11.8. The Bertz CT molecular complexity index is 385. The molecule has 1 heteroatoms. The molecule has 0 bridgehead atoms. The number of benzene rings is 1. The van der Waals surface area contributed by atoms with Crippen LogP contribution in [0.25, 0.3) is 0 Å². The Labute approximate surface area is 151 Å². The van der Waals surface area contributed by atoms with Crippen molar-refractivity contribution in [3.05, 3.63) is 29.8 Å². The fourth-order valence-corrected chi connectivity index (χ4v) is 3.20. The van der Waals surface area contributed by atoms with Crippen LogP contribution in [0.4, 0.5) is 0 Å². The van der Waals surface area contributed by atoms with Crippen molar-refractivity contribution in [2.45, 2.75) is 104 Å². The third-order valence-electron chi connectivity index (χ3n) is 4.85. The molecule has 1 nitrogen and oxygen atoms in total. The summed E-state index contributed by atoms with van der Waals surface area (Å²) in [6.45, 7) is 5.26. The number of hydrogen-bond acceptors (Lipinski definition) is 1. The van der Waals surface area contributed by atoms with E-state index in [2.05, 4.69) is 32.0 Å². The van der Waals surface area contributed by atoms with E-state index in [0.717, 1.165) is 12.4 Å². The average molecular weight is 333 g/mol. The summed E-state index contributed by atoms with van der Waals surface area (Å²) in [5.74, 6) is 1.05. The minimum absolute atomic E-state index is 0.864. The first-order valence-corrected chi connectivity index (χ1v) is 10.5. The Balaban J connectivity index is 1.77. The molecule has 1 aromatic carbocycles. The normalized spacial score (nSPS) is 10.9. The standard InChI is InChI=1S/C23H40O/c1-3-4-5-6-7-8-9-10-11-12-13-14-15-18-21-24-23-20-17-16-19-22(23)2/h16-17,19-20H,3-15,18,21H2,1-2H3. The van der Waals surface area contributed by atoms with E-state index < -0.39 is 0 Å². The second-order valence-corrected chi connectivity index (χ2v) is 7.21. The van der Waals surface area contributed by atoms with Crippen LogP contribution < -0.4 is 4.74 Å². The van der Waals surface area contributed by atoms with Gasteiger partial charge < -0.3 is 4.74 Å². The number of unbranched alkanes of at least 4 members (excludes halogenated alkanes) is 13. The van der Waals surface area contributed by atoms with E-state index in [0.29, 0.717) is 0 Å². The van der Waals surface area contributed by atoms with Crippen LogP contribution in [0.3, 0.4) is 0 Å². The highest BCUT2D eigenvalue weighted by Crippen LogP contribution is 2.17. The SMILES string of the molecule is CCCCCCCCCCCCCCCCOc1ccccc1C. The van der Waals surface area contributed by atoms with E-state index in [-0.39, 0.29) is 0 Å². The van der Waals surface area contributed by atoms with Crippen molar-refractivity contribution in [2.75, 3.05) is 6.61 Å². The van der Waals surface area contributed by atoms with Gasteiger partial charge in [0, 0.05) is 0 Å². The summed E-state index contributed by atoms with van der Waals surface area (Å²) in [6, 6.07) is 8.29. The van der Waals surface area contributed by atoms with Crippen LogP contribution in [0.5, 0.6) is 5.75 Å². The van der Waals surface area contributed by atoms with E-state index in [4.69, 9.17) is 4.74 Å². The molecule has 0 aromatic heterocycles. The molecule has 138 valence electrons. The number of para-hydroxylation sites is 1. The van der Waals surface area contributed by atoms with Crippen molar-refractivity contribution >= 4 is 0 Å². The second-order valence-electron chi connectivity index (χ2n) is 7.21. The Morgan fingerprint density at radius 2 is 1.08 bits per heavy atom. The molecule has 0 heterocycles. The molecule has 0 radical (unpaired) electrons. The summed E-state index contributed by atoms with van der Waals surface area (Å²) >= 11 is 0. The molecule has 24 heavy (non-hydrogen) atoms. The van der Waals surface area contributed by atoms with Crippen molar-refractivity contribution in [1.29, 1.82) is 0 Å². The molecule has 0 fully saturated rings. The molecule has 0 aliphatic heterocycles. The van der Waals surface area contributed by atoms with Gasteiger partial charge in [-0.1, -0.05) is 109 Å². The number of rotatable bonds is 16. The molecule has 0 spiro atoms. The minimum atomic E-state index is 0.864. The number of aryl methyl sites for hydroxylation is 1. The molecule has 0 saturated carbocycles. The summed E-state index contributed by atoms with van der Waals surface area (Å²) in [4.78, 5) is 0. The Hall–Kier alpha value is -0.980. The van der Waals surface area contributed by atoms with Gasteiger partial charge in [-0.3, -0.25) is 0 Å². The second kappa shape index (κ2) is 15.5. The topological polar surface area (TPSA) is 9.23 Å². The van der Waals surface area contributed by atoms with Gasteiger partial charge in [-0.2, -0.15) is 0 Å². The molecule has 0 N–H and O–H groups in total. The maximum absolute atomic E-state index is 5.84. The lowest BCUT2D eigenvalue weighted by atomic mass is 10.0. The Morgan fingerprint density at radius 1 is 0.625 bits per heavy atom. The maximum Gasteiger partial charge on any atom is 0.122 e. The van der Waals surface area contributed by atoms with Crippen molar-refractivity contribution in [1.82, 2.24) is 0 Å². The zero-order valence-electron chi connectivity index (χ0n) is 16.3. The molecule has 0 aliphatic carbocycles. The smallest absolute Gasteiger partial charge is 0.122 e. The van der Waals surface area contributed by atoms with E-state index in [9.17, 15) is 0 Å². The van der Waals surface area contributed by atoms with E-state index in [1.807, 2.05) is 6.07 Å². The minimum Gasteiger partial charge on any atom is -0.493 e. The van der Waals surface area contributed by atoms with Gasteiger partial charge in [0.25, 0.3) is 0 Å².